The number of nitrogens with zero attached hydrogens (tertiary/aromatic N) is 2. The summed E-state index contributed by atoms with van der Waals surface area (Å²) in [6, 6.07) is 1.99. The van der Waals surface area contributed by atoms with Crippen molar-refractivity contribution in [3.8, 4) is 0 Å². The minimum atomic E-state index is -4.34. The van der Waals surface area contributed by atoms with Crippen molar-refractivity contribution < 1.29 is 21.6 Å². The van der Waals surface area contributed by atoms with Crippen molar-refractivity contribution in [2.75, 3.05) is 29.7 Å². The monoisotopic (exact) mass is 466 g/mol. The average molecular weight is 467 g/mol. The Labute approximate surface area is 175 Å². The summed E-state index contributed by atoms with van der Waals surface area (Å²) < 4.78 is 68.3. The number of benzene rings is 1. The van der Waals surface area contributed by atoms with Crippen LogP contribution >= 0.6 is 22.9 Å². The molecule has 2 fully saturated rings. The lowest BCUT2D eigenvalue weighted by Crippen LogP contribution is -2.44. The van der Waals surface area contributed by atoms with Crippen LogP contribution in [0.3, 0.4) is 0 Å². The molecule has 1 aromatic carbocycles. The van der Waals surface area contributed by atoms with Gasteiger partial charge in [-0.15, -0.1) is 0 Å². The number of nitrogens with one attached hydrogen (secondary N) is 2. The Morgan fingerprint density at radius 2 is 2.17 bits per heavy atom. The molecule has 29 heavy (non-hydrogen) atoms. The molecule has 2 atom stereocenters. The fourth-order valence-electron chi connectivity index (χ4n) is 4.10. The molecule has 2 aromatic rings. The Bertz CT molecular complexity index is 1040. The van der Waals surface area contributed by atoms with Crippen molar-refractivity contribution in [3.63, 3.8) is 0 Å². The van der Waals surface area contributed by atoms with Gasteiger partial charge in [0.25, 0.3) is 10.0 Å². The molecule has 0 amide bonds. The van der Waals surface area contributed by atoms with E-state index >= 15 is 0 Å². The van der Waals surface area contributed by atoms with E-state index in [0.29, 0.717) is 30.8 Å². The maximum Gasteiger partial charge on any atom is 0.266 e. The largest absolute Gasteiger partial charge is 0.382 e. The molecular weight excluding hydrogens is 449 g/mol. The van der Waals surface area contributed by atoms with E-state index in [-0.39, 0.29) is 21.4 Å². The molecule has 4 rings (SSSR count). The van der Waals surface area contributed by atoms with E-state index < -0.39 is 32.0 Å². The minimum Gasteiger partial charge on any atom is -0.382 e. The molecule has 0 saturated carbocycles. The number of halogens is 4. The second kappa shape index (κ2) is 7.60. The molecule has 0 radical (unpaired) electrons. The zero-order chi connectivity index (χ0) is 20.8. The Hall–Kier alpha value is -1.56. The summed E-state index contributed by atoms with van der Waals surface area (Å²) in [5.74, 6) is -1.02. The summed E-state index contributed by atoms with van der Waals surface area (Å²) in [6.07, 6.45) is 2.17. The zero-order valence-electron chi connectivity index (χ0n) is 15.1. The molecule has 2 aliphatic heterocycles. The van der Waals surface area contributed by atoms with E-state index in [0.717, 1.165) is 37.7 Å². The first-order chi connectivity index (χ1) is 13.7. The zero-order valence-corrected chi connectivity index (χ0v) is 17.5. The van der Waals surface area contributed by atoms with Gasteiger partial charge in [0.2, 0.25) is 0 Å². The highest BCUT2D eigenvalue weighted by molar-refractivity contribution is 7.93. The highest BCUT2D eigenvalue weighted by Gasteiger charge is 2.48. The highest BCUT2D eigenvalue weighted by atomic mass is 35.5. The lowest BCUT2D eigenvalue weighted by Gasteiger charge is -2.32. The van der Waals surface area contributed by atoms with Crippen LogP contribution in [-0.2, 0) is 10.0 Å². The Kier molecular flexibility index (Phi) is 5.43. The Balaban J connectivity index is 1.53. The van der Waals surface area contributed by atoms with Crippen LogP contribution in [0, 0.1) is 10.9 Å². The standard InChI is InChI=1S/C17H18ClF3N4O2S2/c18-11-4-14(29(26,27)24-16-22-7-15(21)28-16)12(20)5-13(11)23-9-17-2-1-3-25(17)8-10(19)6-17/h4-5,7,10,23H,1-3,6,8-9H2,(H,22,24). The third-order valence-electron chi connectivity index (χ3n) is 5.38. The van der Waals surface area contributed by atoms with E-state index in [1.165, 1.54) is 0 Å². The smallest absolute Gasteiger partial charge is 0.266 e. The Morgan fingerprint density at radius 1 is 1.38 bits per heavy atom. The molecule has 1 aromatic heterocycles. The fraction of sp³-hybridized carbons (Fsp3) is 0.471. The number of hydrogen-bond acceptors (Lipinski definition) is 6. The van der Waals surface area contributed by atoms with Crippen LogP contribution in [-0.4, -0.2) is 49.6 Å². The van der Waals surface area contributed by atoms with Crippen molar-refractivity contribution >= 4 is 43.8 Å². The summed E-state index contributed by atoms with van der Waals surface area (Å²) in [6.45, 7) is 1.60. The van der Waals surface area contributed by atoms with Crippen LogP contribution in [0.15, 0.2) is 23.2 Å². The van der Waals surface area contributed by atoms with E-state index in [9.17, 15) is 21.6 Å². The normalized spacial score (nSPS) is 24.6. The third kappa shape index (κ3) is 4.05. The molecule has 2 unspecified atom stereocenters. The van der Waals surface area contributed by atoms with Gasteiger partial charge in [0.15, 0.2) is 10.3 Å². The molecule has 6 nitrogen and oxygen atoms in total. The SMILES string of the molecule is O=S(=O)(Nc1ncc(F)s1)c1cc(Cl)c(NCC23CCCN2CC(F)C3)cc1F. The number of anilines is 2. The first kappa shape index (κ1) is 20.7. The van der Waals surface area contributed by atoms with E-state index in [1.807, 2.05) is 4.72 Å². The Morgan fingerprint density at radius 3 is 2.90 bits per heavy atom. The van der Waals surface area contributed by atoms with Gasteiger partial charge in [-0.3, -0.25) is 9.62 Å². The first-order valence-corrected chi connectivity index (χ1v) is 11.6. The first-order valence-electron chi connectivity index (χ1n) is 8.95. The van der Waals surface area contributed by atoms with Crippen LogP contribution in [0.1, 0.15) is 19.3 Å². The van der Waals surface area contributed by atoms with Gasteiger partial charge in [0.1, 0.15) is 16.9 Å². The van der Waals surface area contributed by atoms with Crippen LogP contribution in [0.2, 0.25) is 5.02 Å². The van der Waals surface area contributed by atoms with Crippen molar-refractivity contribution in [2.24, 2.45) is 0 Å². The van der Waals surface area contributed by atoms with Gasteiger partial charge in [-0.25, -0.2) is 22.2 Å². The second-order valence-corrected chi connectivity index (χ2v) is 10.3. The number of rotatable bonds is 6. The third-order valence-corrected chi connectivity index (χ3v) is 7.88. The van der Waals surface area contributed by atoms with Crippen LogP contribution in [0.5, 0.6) is 0 Å². The van der Waals surface area contributed by atoms with Gasteiger partial charge in [-0.1, -0.05) is 22.9 Å². The van der Waals surface area contributed by atoms with Crippen LogP contribution in [0.4, 0.5) is 24.0 Å². The molecule has 2 saturated heterocycles. The second-order valence-electron chi connectivity index (χ2n) is 7.27. The van der Waals surface area contributed by atoms with E-state index in [1.54, 1.807) is 0 Å². The number of aromatic nitrogens is 1. The van der Waals surface area contributed by atoms with Crippen molar-refractivity contribution in [3.05, 3.63) is 34.3 Å². The van der Waals surface area contributed by atoms with Gasteiger partial charge in [-0.2, -0.15) is 4.39 Å². The van der Waals surface area contributed by atoms with Crippen molar-refractivity contribution in [1.82, 2.24) is 9.88 Å². The number of fused-ring (bicyclic) bond motifs is 1. The summed E-state index contributed by atoms with van der Waals surface area (Å²) in [7, 11) is -4.34. The predicted molar refractivity (Wildman–Crippen MR) is 106 cm³/mol. The lowest BCUT2D eigenvalue weighted by atomic mass is 9.93. The van der Waals surface area contributed by atoms with Crippen LogP contribution in [0.25, 0.3) is 0 Å². The predicted octanol–water partition coefficient (Wildman–Crippen LogP) is 3.86. The summed E-state index contributed by atoms with van der Waals surface area (Å²) in [5, 5.41) is 2.16. The lowest BCUT2D eigenvalue weighted by molar-refractivity contribution is 0.209. The molecule has 2 aliphatic rings. The minimum absolute atomic E-state index is 0.00726. The molecule has 12 heteroatoms. The van der Waals surface area contributed by atoms with Gasteiger partial charge in [-0.05, 0) is 37.9 Å². The topological polar surface area (TPSA) is 74.3 Å². The van der Waals surface area contributed by atoms with Crippen LogP contribution < -0.4 is 10.0 Å². The molecular formula is C17H18ClF3N4O2S2. The highest BCUT2D eigenvalue weighted by Crippen LogP contribution is 2.40. The van der Waals surface area contributed by atoms with Crippen molar-refractivity contribution in [2.45, 2.75) is 35.9 Å². The van der Waals surface area contributed by atoms with E-state index in [4.69, 9.17) is 11.6 Å². The molecule has 3 heterocycles. The maximum absolute atomic E-state index is 14.6. The summed E-state index contributed by atoms with van der Waals surface area (Å²) >= 11 is 6.67. The number of hydrogen-bond donors (Lipinski definition) is 2. The average Bonchev–Trinajstić information content (AvgIpc) is 3.28. The van der Waals surface area contributed by atoms with Crippen molar-refractivity contribution in [1.29, 1.82) is 0 Å². The maximum atomic E-state index is 14.6. The molecule has 158 valence electrons. The number of thiazole rings is 1. The molecule has 0 spiro atoms. The van der Waals surface area contributed by atoms with Gasteiger partial charge >= 0.3 is 0 Å². The number of sulfonamides is 1. The summed E-state index contributed by atoms with van der Waals surface area (Å²) in [4.78, 5) is 4.99. The van der Waals surface area contributed by atoms with Gasteiger partial charge in [0, 0.05) is 18.6 Å². The molecule has 2 N–H and O–H groups in total. The van der Waals surface area contributed by atoms with Gasteiger partial charge in [0.05, 0.1) is 16.9 Å². The van der Waals surface area contributed by atoms with E-state index in [2.05, 4.69) is 15.2 Å². The fourth-order valence-corrected chi connectivity index (χ4v) is 6.27. The van der Waals surface area contributed by atoms with Gasteiger partial charge < -0.3 is 5.32 Å². The quantitative estimate of drug-likeness (QED) is 0.676. The molecule has 0 bridgehead atoms. The number of alkyl halides is 1. The molecule has 0 aliphatic carbocycles. The summed E-state index contributed by atoms with van der Waals surface area (Å²) in [5.41, 5.74) is -0.104.